The minimum atomic E-state index is 0.602. The first-order valence-electron chi connectivity index (χ1n) is 3.49. The van der Waals surface area contributed by atoms with E-state index >= 15 is 0 Å². The molecule has 0 radical (unpaired) electrons. The lowest BCUT2D eigenvalue weighted by Crippen LogP contribution is -1.77. The van der Waals surface area contributed by atoms with E-state index in [0.717, 1.165) is 16.0 Å². The van der Waals surface area contributed by atoms with E-state index in [1.807, 2.05) is 6.26 Å². The van der Waals surface area contributed by atoms with Gasteiger partial charge in [0.15, 0.2) is 0 Å². The van der Waals surface area contributed by atoms with Crippen molar-refractivity contribution in [3.05, 3.63) is 17.0 Å². The van der Waals surface area contributed by atoms with E-state index in [9.17, 15) is 0 Å². The van der Waals surface area contributed by atoms with Gasteiger partial charge in [0.1, 0.15) is 0 Å². The Hall–Kier alpha value is 0.0600. The summed E-state index contributed by atoms with van der Waals surface area (Å²) in [5, 5.41) is 8.36. The summed E-state index contributed by atoms with van der Waals surface area (Å²) in [6.07, 6.45) is 2.00. The minimum absolute atomic E-state index is 0.602. The molecule has 0 spiro atoms. The van der Waals surface area contributed by atoms with Crippen LogP contribution in [0.1, 0.15) is 5.89 Å². The van der Waals surface area contributed by atoms with Crippen molar-refractivity contribution in [1.82, 2.24) is 10.2 Å². The highest BCUT2D eigenvalue weighted by molar-refractivity contribution is 9.11. The van der Waals surface area contributed by atoms with Gasteiger partial charge in [-0.15, -0.1) is 10.2 Å². The van der Waals surface area contributed by atoms with E-state index in [4.69, 9.17) is 4.42 Å². The Balaban J connectivity index is 2.44. The molecule has 3 nitrogen and oxygen atoms in total. The largest absolute Gasteiger partial charge is 0.415 e. The fourth-order valence-electron chi connectivity index (χ4n) is 0.618. The molecule has 0 unspecified atom stereocenters. The summed E-state index contributed by atoms with van der Waals surface area (Å²) in [5.41, 5.74) is 0. The summed E-state index contributed by atoms with van der Waals surface area (Å²) in [7, 11) is 0. The van der Waals surface area contributed by atoms with Crippen molar-refractivity contribution in [3.8, 4) is 0 Å². The number of aromatic nitrogens is 2. The quantitative estimate of drug-likeness (QED) is 0.776. The van der Waals surface area contributed by atoms with Gasteiger partial charge in [0.25, 0.3) is 5.22 Å². The van der Waals surface area contributed by atoms with Crippen LogP contribution in [0, 0.1) is 0 Å². The van der Waals surface area contributed by atoms with Gasteiger partial charge in [0.05, 0.1) is 5.75 Å². The molecule has 1 aromatic rings. The molecule has 0 N–H and O–H groups in total. The normalized spacial score (nSPS) is 10.3. The molecule has 6 heteroatoms. The van der Waals surface area contributed by atoms with Crippen LogP contribution in [0.25, 0.3) is 0 Å². The zero-order valence-corrected chi connectivity index (χ0v) is 10.3. The van der Waals surface area contributed by atoms with E-state index in [-0.39, 0.29) is 0 Å². The molecule has 0 aliphatic carbocycles. The lowest BCUT2D eigenvalue weighted by molar-refractivity contribution is 0.427. The SMILES string of the molecule is C=C(Br)CSc1nnc(CSC)o1. The molecule has 1 aromatic heterocycles. The number of hydrogen-bond donors (Lipinski definition) is 0. The molecule has 13 heavy (non-hydrogen) atoms. The number of nitrogens with zero attached hydrogens (tertiary/aromatic N) is 2. The molecule has 0 aliphatic rings. The van der Waals surface area contributed by atoms with Gasteiger partial charge < -0.3 is 4.42 Å². The first-order chi connectivity index (χ1) is 6.22. The van der Waals surface area contributed by atoms with Crippen molar-refractivity contribution < 1.29 is 4.42 Å². The van der Waals surface area contributed by atoms with E-state index < -0.39 is 0 Å². The summed E-state index contributed by atoms with van der Waals surface area (Å²) in [6, 6.07) is 0. The average molecular weight is 281 g/mol. The van der Waals surface area contributed by atoms with Crippen LogP contribution in [0.4, 0.5) is 0 Å². The van der Waals surface area contributed by atoms with Crippen molar-refractivity contribution in [3.63, 3.8) is 0 Å². The smallest absolute Gasteiger partial charge is 0.276 e. The maximum Gasteiger partial charge on any atom is 0.276 e. The minimum Gasteiger partial charge on any atom is -0.415 e. The highest BCUT2D eigenvalue weighted by atomic mass is 79.9. The van der Waals surface area contributed by atoms with Crippen LogP contribution in [0.2, 0.25) is 0 Å². The lowest BCUT2D eigenvalue weighted by atomic mass is 10.8. The summed E-state index contributed by atoms with van der Waals surface area (Å²) < 4.78 is 6.25. The second kappa shape index (κ2) is 5.72. The standard InChI is InChI=1S/C7H9BrN2OS2/c1-5(8)3-13-7-10-9-6(11-7)4-12-2/h1,3-4H2,2H3. The molecule has 72 valence electrons. The molecule has 0 fully saturated rings. The van der Waals surface area contributed by atoms with E-state index in [1.54, 1.807) is 11.8 Å². The van der Waals surface area contributed by atoms with Gasteiger partial charge in [-0.2, -0.15) is 11.8 Å². The highest BCUT2D eigenvalue weighted by Crippen LogP contribution is 2.21. The first kappa shape index (κ1) is 11.1. The number of hydrogen-bond acceptors (Lipinski definition) is 5. The number of thioether (sulfide) groups is 2. The molecule has 0 saturated heterocycles. The fraction of sp³-hybridized carbons (Fsp3) is 0.429. The second-order valence-corrected chi connectivity index (χ2v) is 5.11. The fourth-order valence-corrected chi connectivity index (χ4v) is 1.86. The Morgan fingerprint density at radius 1 is 1.62 bits per heavy atom. The van der Waals surface area contributed by atoms with Crippen molar-refractivity contribution in [2.24, 2.45) is 0 Å². The zero-order valence-electron chi connectivity index (χ0n) is 7.12. The molecular formula is C7H9BrN2OS2. The Morgan fingerprint density at radius 2 is 2.38 bits per heavy atom. The van der Waals surface area contributed by atoms with Crippen LogP contribution in [-0.2, 0) is 5.75 Å². The van der Waals surface area contributed by atoms with Crippen molar-refractivity contribution >= 4 is 39.5 Å². The second-order valence-electron chi connectivity index (χ2n) is 2.20. The zero-order chi connectivity index (χ0) is 9.68. The Kier molecular flexibility index (Phi) is 4.90. The van der Waals surface area contributed by atoms with E-state index in [1.165, 1.54) is 11.8 Å². The van der Waals surface area contributed by atoms with E-state index in [0.29, 0.717) is 11.1 Å². The van der Waals surface area contributed by atoms with E-state index in [2.05, 4.69) is 32.7 Å². The molecular weight excluding hydrogens is 272 g/mol. The Morgan fingerprint density at radius 3 is 3.00 bits per heavy atom. The third-order valence-corrected chi connectivity index (χ3v) is 3.16. The van der Waals surface area contributed by atoms with Crippen LogP contribution in [-0.4, -0.2) is 22.2 Å². The third kappa shape index (κ3) is 4.19. The Labute approximate surface area is 93.9 Å². The van der Waals surface area contributed by atoms with Gasteiger partial charge >= 0.3 is 0 Å². The van der Waals surface area contributed by atoms with Crippen LogP contribution in [0.5, 0.6) is 0 Å². The monoisotopic (exact) mass is 280 g/mol. The third-order valence-electron chi connectivity index (χ3n) is 1.07. The summed E-state index contributed by atoms with van der Waals surface area (Å²) >= 11 is 6.40. The molecule has 0 amide bonds. The maximum atomic E-state index is 5.33. The first-order valence-corrected chi connectivity index (χ1v) is 6.67. The molecule has 0 aromatic carbocycles. The highest BCUT2D eigenvalue weighted by Gasteiger charge is 2.05. The Bertz CT molecular complexity index is 290. The van der Waals surface area contributed by atoms with Crippen molar-refractivity contribution in [1.29, 1.82) is 0 Å². The summed E-state index contributed by atoms with van der Waals surface area (Å²) in [5.74, 6) is 2.19. The number of halogens is 1. The predicted octanol–water partition coefficient (Wildman–Crippen LogP) is 2.93. The molecule has 0 atom stereocenters. The van der Waals surface area contributed by atoms with Crippen LogP contribution in [0.3, 0.4) is 0 Å². The van der Waals surface area contributed by atoms with Crippen LogP contribution < -0.4 is 0 Å². The summed E-state index contributed by atoms with van der Waals surface area (Å²) in [4.78, 5) is 0. The van der Waals surface area contributed by atoms with Crippen molar-refractivity contribution in [2.75, 3.05) is 12.0 Å². The van der Waals surface area contributed by atoms with Crippen LogP contribution >= 0.6 is 39.5 Å². The van der Waals surface area contributed by atoms with Gasteiger partial charge in [-0.25, -0.2) is 0 Å². The number of rotatable bonds is 5. The summed E-state index contributed by atoms with van der Waals surface area (Å²) in [6.45, 7) is 3.72. The van der Waals surface area contributed by atoms with Gasteiger partial charge in [-0.05, 0) is 10.7 Å². The van der Waals surface area contributed by atoms with Crippen molar-refractivity contribution in [2.45, 2.75) is 11.0 Å². The molecule has 1 heterocycles. The van der Waals surface area contributed by atoms with Gasteiger partial charge in [-0.1, -0.05) is 34.3 Å². The van der Waals surface area contributed by atoms with Gasteiger partial charge in [0, 0.05) is 5.75 Å². The van der Waals surface area contributed by atoms with Gasteiger partial charge in [0.2, 0.25) is 5.89 Å². The van der Waals surface area contributed by atoms with Gasteiger partial charge in [-0.3, -0.25) is 0 Å². The lowest BCUT2D eigenvalue weighted by Gasteiger charge is -1.91. The topological polar surface area (TPSA) is 38.9 Å². The van der Waals surface area contributed by atoms with Crippen LogP contribution in [0.15, 0.2) is 20.7 Å². The molecule has 0 saturated carbocycles. The average Bonchev–Trinajstić information content (AvgIpc) is 2.50. The maximum absolute atomic E-state index is 5.33. The molecule has 0 aliphatic heterocycles. The predicted molar refractivity (Wildman–Crippen MR) is 60.3 cm³/mol. The molecule has 1 rings (SSSR count). The molecule has 0 bridgehead atoms.